The minimum atomic E-state index is -1.30. The number of amides is 2. The highest BCUT2D eigenvalue weighted by Gasteiger charge is 2.31. The van der Waals surface area contributed by atoms with Crippen molar-refractivity contribution >= 4 is 40.0 Å². The lowest BCUT2D eigenvalue weighted by Crippen LogP contribution is -2.52. The first-order valence-electron chi connectivity index (χ1n) is 10.2. The summed E-state index contributed by atoms with van der Waals surface area (Å²) in [4.78, 5) is 34.2. The average Bonchev–Trinajstić information content (AvgIpc) is 2.80. The van der Waals surface area contributed by atoms with E-state index in [0.29, 0.717) is 16.5 Å². The molecular weight excluding hydrogens is 443 g/mol. The van der Waals surface area contributed by atoms with Gasteiger partial charge in [0.2, 0.25) is 0 Å². The summed E-state index contributed by atoms with van der Waals surface area (Å²) in [5.41, 5.74) is 0.143. The molecule has 0 spiro atoms. The van der Waals surface area contributed by atoms with E-state index in [4.69, 9.17) is 11.6 Å². The zero-order valence-corrected chi connectivity index (χ0v) is 18.7. The van der Waals surface area contributed by atoms with Crippen LogP contribution in [-0.2, 0) is 4.79 Å². The summed E-state index contributed by atoms with van der Waals surface area (Å²) in [5, 5.41) is 7.13. The van der Waals surface area contributed by atoms with Crippen molar-refractivity contribution in [2.45, 2.75) is 19.4 Å². The van der Waals surface area contributed by atoms with E-state index in [-0.39, 0.29) is 22.5 Å². The van der Waals surface area contributed by atoms with E-state index < -0.39 is 17.4 Å². The lowest BCUT2D eigenvalue weighted by atomic mass is 9.98. The molecule has 6 nitrogen and oxygen atoms in total. The first kappa shape index (κ1) is 22.4. The average molecular weight is 463 g/mol. The van der Waals surface area contributed by atoms with Crippen LogP contribution in [0.25, 0.3) is 21.9 Å². The standard InChI is InChI=1S/C25H20ClFN4O2/c1-25(2,31-23(32)19-9-5-6-14-28-19)24(33)30-22-20(15-10-12-16(27)13-11-15)17-7-3-4-8-18(17)21(26)29-22/h3-14H,1-2H3,(H,31,32)(H,29,30,33). The van der Waals surface area contributed by atoms with Gasteiger partial charge in [-0.25, -0.2) is 9.37 Å². The molecule has 8 heteroatoms. The molecule has 0 aliphatic rings. The van der Waals surface area contributed by atoms with Gasteiger partial charge in [-0.05, 0) is 49.1 Å². The van der Waals surface area contributed by atoms with Crippen LogP contribution in [0, 0.1) is 5.82 Å². The summed E-state index contributed by atoms with van der Waals surface area (Å²) in [7, 11) is 0. The number of carbonyl (C=O) groups is 2. The molecule has 2 aromatic carbocycles. The molecule has 0 saturated carbocycles. The number of nitrogens with zero attached hydrogens (tertiary/aromatic N) is 2. The summed E-state index contributed by atoms with van der Waals surface area (Å²) in [5.74, 6) is -1.17. The molecule has 0 unspecified atom stereocenters. The van der Waals surface area contributed by atoms with Gasteiger partial charge in [0.25, 0.3) is 11.8 Å². The number of rotatable bonds is 5. The van der Waals surface area contributed by atoms with Crippen LogP contribution in [0.4, 0.5) is 10.2 Å². The van der Waals surface area contributed by atoms with Crippen molar-refractivity contribution in [3.05, 3.63) is 89.6 Å². The quantitative estimate of drug-likeness (QED) is 0.397. The third-order valence-electron chi connectivity index (χ3n) is 5.12. The fraction of sp³-hybridized carbons (Fsp3) is 0.120. The summed E-state index contributed by atoms with van der Waals surface area (Å²) >= 11 is 6.41. The van der Waals surface area contributed by atoms with E-state index in [1.165, 1.54) is 18.3 Å². The van der Waals surface area contributed by atoms with Crippen molar-refractivity contribution in [1.29, 1.82) is 0 Å². The number of hydrogen-bond acceptors (Lipinski definition) is 4. The molecule has 0 bridgehead atoms. The number of anilines is 1. The summed E-state index contributed by atoms with van der Waals surface area (Å²) in [6, 6.07) is 18.2. The van der Waals surface area contributed by atoms with Gasteiger partial charge in [-0.3, -0.25) is 14.6 Å². The second-order valence-electron chi connectivity index (χ2n) is 7.93. The normalized spacial score (nSPS) is 11.3. The second kappa shape index (κ2) is 8.96. The van der Waals surface area contributed by atoms with Crippen molar-refractivity contribution in [3.63, 3.8) is 0 Å². The number of hydrogen-bond donors (Lipinski definition) is 2. The summed E-state index contributed by atoms with van der Waals surface area (Å²) in [6.45, 7) is 3.15. The molecule has 2 N–H and O–H groups in total. The second-order valence-corrected chi connectivity index (χ2v) is 8.28. The fourth-order valence-corrected chi connectivity index (χ4v) is 3.64. The van der Waals surface area contributed by atoms with Gasteiger partial charge in [0.15, 0.2) is 0 Å². The van der Waals surface area contributed by atoms with Gasteiger partial charge in [-0.1, -0.05) is 54.1 Å². The minimum Gasteiger partial charge on any atom is -0.337 e. The lowest BCUT2D eigenvalue weighted by Gasteiger charge is -2.25. The molecule has 0 aliphatic carbocycles. The number of pyridine rings is 2. The van der Waals surface area contributed by atoms with E-state index >= 15 is 0 Å². The number of carbonyl (C=O) groups excluding carboxylic acids is 2. The first-order chi connectivity index (χ1) is 15.8. The predicted octanol–water partition coefficient (Wildman–Crippen LogP) is 5.24. The van der Waals surface area contributed by atoms with Crippen molar-refractivity contribution in [3.8, 4) is 11.1 Å². The van der Waals surface area contributed by atoms with Crippen LogP contribution in [0.5, 0.6) is 0 Å². The van der Waals surface area contributed by atoms with E-state index in [0.717, 1.165) is 5.39 Å². The van der Waals surface area contributed by atoms with E-state index in [9.17, 15) is 14.0 Å². The highest BCUT2D eigenvalue weighted by Crippen LogP contribution is 2.37. The van der Waals surface area contributed by atoms with Gasteiger partial charge < -0.3 is 10.6 Å². The SMILES string of the molecule is CC(C)(NC(=O)c1ccccn1)C(=O)Nc1nc(Cl)c2ccccc2c1-c1ccc(F)cc1. The maximum Gasteiger partial charge on any atom is 0.270 e. The van der Waals surface area contributed by atoms with Gasteiger partial charge in [0.1, 0.15) is 28.0 Å². The monoisotopic (exact) mass is 462 g/mol. The number of aromatic nitrogens is 2. The van der Waals surface area contributed by atoms with Crippen molar-refractivity contribution in [2.75, 3.05) is 5.32 Å². The molecule has 0 radical (unpaired) electrons. The van der Waals surface area contributed by atoms with Crippen LogP contribution >= 0.6 is 11.6 Å². The molecule has 0 saturated heterocycles. The van der Waals surface area contributed by atoms with Crippen LogP contribution < -0.4 is 10.6 Å². The Balaban J connectivity index is 1.72. The third-order valence-corrected chi connectivity index (χ3v) is 5.41. The lowest BCUT2D eigenvalue weighted by molar-refractivity contribution is -0.121. The van der Waals surface area contributed by atoms with Crippen LogP contribution in [0.15, 0.2) is 72.9 Å². The van der Waals surface area contributed by atoms with Gasteiger partial charge in [0, 0.05) is 17.1 Å². The Morgan fingerprint density at radius 1 is 0.939 bits per heavy atom. The minimum absolute atomic E-state index is 0.192. The van der Waals surface area contributed by atoms with Crippen LogP contribution in [0.2, 0.25) is 5.15 Å². The van der Waals surface area contributed by atoms with Gasteiger partial charge >= 0.3 is 0 Å². The smallest absolute Gasteiger partial charge is 0.270 e. The molecule has 4 rings (SSSR count). The van der Waals surface area contributed by atoms with Gasteiger partial charge in [-0.15, -0.1) is 0 Å². The number of nitrogens with one attached hydrogen (secondary N) is 2. The zero-order valence-electron chi connectivity index (χ0n) is 17.9. The Labute approximate surface area is 194 Å². The molecule has 166 valence electrons. The van der Waals surface area contributed by atoms with Gasteiger partial charge in [0.05, 0.1) is 0 Å². The summed E-state index contributed by atoms with van der Waals surface area (Å²) in [6.07, 6.45) is 1.50. The molecule has 2 aromatic heterocycles. The maximum absolute atomic E-state index is 13.6. The maximum atomic E-state index is 13.6. The van der Waals surface area contributed by atoms with Crippen molar-refractivity contribution < 1.29 is 14.0 Å². The Morgan fingerprint density at radius 3 is 2.27 bits per heavy atom. The van der Waals surface area contributed by atoms with Crippen LogP contribution in [0.1, 0.15) is 24.3 Å². The molecule has 33 heavy (non-hydrogen) atoms. The number of halogens is 2. The zero-order chi connectivity index (χ0) is 23.6. The van der Waals surface area contributed by atoms with E-state index in [1.807, 2.05) is 24.3 Å². The number of fused-ring (bicyclic) bond motifs is 1. The number of benzene rings is 2. The van der Waals surface area contributed by atoms with Crippen LogP contribution in [-0.4, -0.2) is 27.3 Å². The Morgan fingerprint density at radius 2 is 1.61 bits per heavy atom. The van der Waals surface area contributed by atoms with Crippen molar-refractivity contribution in [1.82, 2.24) is 15.3 Å². The summed E-state index contributed by atoms with van der Waals surface area (Å²) < 4.78 is 13.6. The highest BCUT2D eigenvalue weighted by atomic mass is 35.5. The van der Waals surface area contributed by atoms with Crippen molar-refractivity contribution in [2.24, 2.45) is 0 Å². The molecule has 0 fully saturated rings. The molecule has 0 atom stereocenters. The molecule has 2 amide bonds. The Bertz CT molecular complexity index is 1340. The highest BCUT2D eigenvalue weighted by molar-refractivity contribution is 6.35. The fourth-order valence-electron chi connectivity index (χ4n) is 3.39. The molecule has 4 aromatic rings. The molecule has 0 aliphatic heterocycles. The molecular formula is C25H20ClFN4O2. The topological polar surface area (TPSA) is 84.0 Å². The van der Waals surface area contributed by atoms with Crippen LogP contribution in [0.3, 0.4) is 0 Å². The largest absolute Gasteiger partial charge is 0.337 e. The Kier molecular flexibility index (Phi) is 6.07. The van der Waals surface area contributed by atoms with E-state index in [2.05, 4.69) is 20.6 Å². The predicted molar refractivity (Wildman–Crippen MR) is 127 cm³/mol. The first-order valence-corrected chi connectivity index (χ1v) is 10.5. The van der Waals surface area contributed by atoms with Gasteiger partial charge in [-0.2, -0.15) is 0 Å². The Hall–Kier alpha value is -3.84. The van der Waals surface area contributed by atoms with E-state index in [1.54, 1.807) is 44.2 Å². The molecule has 2 heterocycles. The third kappa shape index (κ3) is 4.68.